The van der Waals surface area contributed by atoms with Gasteiger partial charge in [0.15, 0.2) is 0 Å². The fourth-order valence-corrected chi connectivity index (χ4v) is 5.38. The van der Waals surface area contributed by atoms with E-state index in [0.717, 1.165) is 11.1 Å². The molecule has 3 atom stereocenters. The summed E-state index contributed by atoms with van der Waals surface area (Å²) >= 11 is 0. The molecule has 2 aromatic rings. The number of benzene rings is 1. The predicted octanol–water partition coefficient (Wildman–Crippen LogP) is 2.00. The summed E-state index contributed by atoms with van der Waals surface area (Å²) in [5, 5.41) is 9.70. The van der Waals surface area contributed by atoms with Gasteiger partial charge in [0.2, 0.25) is 15.9 Å². The van der Waals surface area contributed by atoms with Gasteiger partial charge in [-0.15, -0.1) is 0 Å². The van der Waals surface area contributed by atoms with Crippen LogP contribution < -0.4 is 4.74 Å². The van der Waals surface area contributed by atoms with Crippen LogP contribution in [-0.2, 0) is 14.8 Å². The van der Waals surface area contributed by atoms with E-state index in [1.807, 2.05) is 13.0 Å². The molecule has 0 unspecified atom stereocenters. The topological polar surface area (TPSA) is 100 Å². The van der Waals surface area contributed by atoms with Crippen LogP contribution in [0, 0.1) is 5.92 Å². The van der Waals surface area contributed by atoms with E-state index in [2.05, 4.69) is 4.98 Å². The van der Waals surface area contributed by atoms with E-state index in [-0.39, 0.29) is 35.6 Å². The van der Waals surface area contributed by atoms with E-state index >= 15 is 0 Å². The zero-order valence-corrected chi connectivity index (χ0v) is 19.0. The summed E-state index contributed by atoms with van der Waals surface area (Å²) in [5.41, 5.74) is 1.61. The number of fused-ring (bicyclic) bond motifs is 1. The quantitative estimate of drug-likeness (QED) is 0.753. The van der Waals surface area contributed by atoms with Crippen molar-refractivity contribution < 1.29 is 23.1 Å². The van der Waals surface area contributed by atoms with Crippen LogP contribution in [0.1, 0.15) is 20.8 Å². The number of rotatable bonds is 5. The number of sulfonamides is 1. The molecule has 31 heavy (non-hydrogen) atoms. The maximum Gasteiger partial charge on any atom is 0.247 e. The smallest absolute Gasteiger partial charge is 0.247 e. The van der Waals surface area contributed by atoms with E-state index in [1.165, 1.54) is 17.3 Å². The Bertz CT molecular complexity index is 1030. The number of aromatic nitrogens is 1. The van der Waals surface area contributed by atoms with Crippen molar-refractivity contribution in [1.29, 1.82) is 0 Å². The summed E-state index contributed by atoms with van der Waals surface area (Å²) in [6, 6.07) is 8.05. The number of aliphatic hydroxyl groups is 1. The number of carbonyl (C=O) groups excluding carboxylic acids is 1. The maximum absolute atomic E-state index is 13.5. The standard InChI is InChI=1S/C22H29N3O5S/c1-15-12-25(16(2)14-26)31(28,29)22-8-7-18(19-6-5-9-23-11-19)10-20(22)30-21(15)13-24(4)17(3)27/h5-11,15-16,21,26H,12-14H2,1-4H3/t15-,16-,21+/m0/s1. The van der Waals surface area contributed by atoms with Crippen molar-refractivity contribution in [2.24, 2.45) is 5.92 Å². The minimum atomic E-state index is -3.90. The molecule has 0 saturated heterocycles. The summed E-state index contributed by atoms with van der Waals surface area (Å²) < 4.78 is 34.5. The van der Waals surface area contributed by atoms with E-state index in [0.29, 0.717) is 6.54 Å². The molecule has 1 amide bonds. The summed E-state index contributed by atoms with van der Waals surface area (Å²) in [5.74, 6) is -0.0961. The number of hydrogen-bond acceptors (Lipinski definition) is 6. The van der Waals surface area contributed by atoms with Crippen molar-refractivity contribution in [1.82, 2.24) is 14.2 Å². The first kappa shape index (κ1) is 23.2. The van der Waals surface area contributed by atoms with Gasteiger partial charge in [0.25, 0.3) is 0 Å². The lowest BCUT2D eigenvalue weighted by molar-refractivity contribution is -0.129. The second-order valence-corrected chi connectivity index (χ2v) is 9.90. The molecule has 0 saturated carbocycles. The van der Waals surface area contributed by atoms with Crippen LogP contribution in [0.5, 0.6) is 5.75 Å². The third kappa shape index (κ3) is 4.89. The van der Waals surface area contributed by atoms with Gasteiger partial charge in [0.05, 0.1) is 13.2 Å². The highest BCUT2D eigenvalue weighted by molar-refractivity contribution is 7.89. The third-order valence-electron chi connectivity index (χ3n) is 5.65. The van der Waals surface area contributed by atoms with Gasteiger partial charge >= 0.3 is 0 Å². The lowest BCUT2D eigenvalue weighted by atomic mass is 10.0. The molecule has 1 N–H and O–H groups in total. The SMILES string of the molecule is CC(=O)N(C)C[C@H]1Oc2cc(-c3cccnc3)ccc2S(=O)(=O)N([C@@H](C)CO)C[C@@H]1C. The van der Waals surface area contributed by atoms with Crippen molar-refractivity contribution in [3.8, 4) is 16.9 Å². The Hall–Kier alpha value is -2.49. The molecule has 8 nitrogen and oxygen atoms in total. The minimum absolute atomic E-state index is 0.0443. The Balaban J connectivity index is 2.13. The molecule has 1 aromatic carbocycles. The average molecular weight is 448 g/mol. The predicted molar refractivity (Wildman–Crippen MR) is 117 cm³/mol. The second kappa shape index (κ2) is 9.33. The van der Waals surface area contributed by atoms with Crippen molar-refractivity contribution >= 4 is 15.9 Å². The molecule has 1 aliphatic heterocycles. The largest absolute Gasteiger partial charge is 0.487 e. The molecule has 0 radical (unpaired) electrons. The van der Waals surface area contributed by atoms with Crippen molar-refractivity contribution in [3.05, 3.63) is 42.7 Å². The van der Waals surface area contributed by atoms with Gasteiger partial charge < -0.3 is 14.7 Å². The Morgan fingerprint density at radius 3 is 2.71 bits per heavy atom. The fraction of sp³-hybridized carbons (Fsp3) is 0.455. The first-order chi connectivity index (χ1) is 14.6. The summed E-state index contributed by atoms with van der Waals surface area (Å²) in [6.45, 7) is 5.23. The first-order valence-corrected chi connectivity index (χ1v) is 11.6. The summed E-state index contributed by atoms with van der Waals surface area (Å²) in [6.07, 6.45) is 2.94. The van der Waals surface area contributed by atoms with Crippen LogP contribution in [-0.4, -0.2) is 72.5 Å². The number of hydrogen-bond donors (Lipinski definition) is 1. The third-order valence-corrected chi connectivity index (χ3v) is 7.67. The van der Waals surface area contributed by atoms with Gasteiger partial charge in [-0.1, -0.05) is 19.1 Å². The number of aliphatic hydroxyl groups excluding tert-OH is 1. The second-order valence-electron chi connectivity index (χ2n) is 8.04. The summed E-state index contributed by atoms with van der Waals surface area (Å²) in [7, 11) is -2.21. The Labute approximate surface area is 183 Å². The summed E-state index contributed by atoms with van der Waals surface area (Å²) in [4.78, 5) is 17.5. The van der Waals surface area contributed by atoms with E-state index in [9.17, 15) is 18.3 Å². The van der Waals surface area contributed by atoms with E-state index in [4.69, 9.17) is 4.74 Å². The van der Waals surface area contributed by atoms with E-state index in [1.54, 1.807) is 49.5 Å². The highest BCUT2D eigenvalue weighted by Gasteiger charge is 2.38. The number of nitrogens with zero attached hydrogens (tertiary/aromatic N) is 3. The van der Waals surface area contributed by atoms with Gasteiger partial charge in [0, 0.05) is 50.4 Å². The molecule has 3 rings (SSSR count). The van der Waals surface area contributed by atoms with Crippen LogP contribution in [0.15, 0.2) is 47.6 Å². The zero-order valence-electron chi connectivity index (χ0n) is 18.2. The van der Waals surface area contributed by atoms with Gasteiger partial charge in [0.1, 0.15) is 16.7 Å². The van der Waals surface area contributed by atoms with Gasteiger partial charge in [-0.25, -0.2) is 8.42 Å². The number of carbonyl (C=O) groups is 1. The van der Waals surface area contributed by atoms with Crippen LogP contribution >= 0.6 is 0 Å². The van der Waals surface area contributed by atoms with E-state index < -0.39 is 22.2 Å². The molecule has 1 aromatic heterocycles. The molecule has 0 aliphatic carbocycles. The highest BCUT2D eigenvalue weighted by atomic mass is 32.2. The van der Waals surface area contributed by atoms with Crippen LogP contribution in [0.25, 0.3) is 11.1 Å². The number of ether oxygens (including phenoxy) is 1. The van der Waals surface area contributed by atoms with Gasteiger partial charge in [-0.2, -0.15) is 4.31 Å². The average Bonchev–Trinajstić information content (AvgIpc) is 2.75. The molecule has 0 fully saturated rings. The molecule has 2 heterocycles. The van der Waals surface area contributed by atoms with Crippen molar-refractivity contribution in [3.63, 3.8) is 0 Å². The molecule has 9 heteroatoms. The van der Waals surface area contributed by atoms with Crippen LogP contribution in [0.2, 0.25) is 0 Å². The number of pyridine rings is 1. The highest BCUT2D eigenvalue weighted by Crippen LogP contribution is 2.36. The Morgan fingerprint density at radius 1 is 1.35 bits per heavy atom. The zero-order chi connectivity index (χ0) is 22.8. The lowest BCUT2D eigenvalue weighted by Crippen LogP contribution is -2.50. The van der Waals surface area contributed by atoms with Gasteiger partial charge in [-0.05, 0) is 30.7 Å². The molecule has 1 aliphatic rings. The van der Waals surface area contributed by atoms with Crippen molar-refractivity contribution in [2.75, 3.05) is 26.7 Å². The molecular formula is C22H29N3O5S. The van der Waals surface area contributed by atoms with Crippen molar-refractivity contribution in [2.45, 2.75) is 37.8 Å². The number of amides is 1. The Kier molecular flexibility index (Phi) is 6.98. The van der Waals surface area contributed by atoms with Crippen LogP contribution in [0.3, 0.4) is 0 Å². The van der Waals surface area contributed by atoms with Crippen LogP contribution in [0.4, 0.5) is 0 Å². The molecule has 0 bridgehead atoms. The molecule has 168 valence electrons. The van der Waals surface area contributed by atoms with Gasteiger partial charge in [-0.3, -0.25) is 9.78 Å². The normalized spacial score (nSPS) is 21.8. The molecular weight excluding hydrogens is 418 g/mol. The minimum Gasteiger partial charge on any atom is -0.487 e. The maximum atomic E-state index is 13.5. The molecule has 0 spiro atoms. The fourth-order valence-electron chi connectivity index (χ4n) is 3.56. The Morgan fingerprint density at radius 2 is 2.10 bits per heavy atom. The first-order valence-electron chi connectivity index (χ1n) is 10.2. The monoisotopic (exact) mass is 447 g/mol. The number of likely N-dealkylation sites (N-methyl/N-ethyl adjacent to an activating group) is 1. The lowest BCUT2D eigenvalue weighted by Gasteiger charge is -2.37.